The molecule has 150 valence electrons. The van der Waals surface area contributed by atoms with Crippen molar-refractivity contribution in [3.05, 3.63) is 11.1 Å². The quantitative estimate of drug-likeness (QED) is 0.676. The van der Waals surface area contributed by atoms with Crippen LogP contribution in [0.5, 0.6) is 0 Å². The van der Waals surface area contributed by atoms with Crippen molar-refractivity contribution in [2.75, 3.05) is 51.7 Å². The minimum atomic E-state index is 0.250. The van der Waals surface area contributed by atoms with Gasteiger partial charge in [0.05, 0.1) is 25.3 Å². The van der Waals surface area contributed by atoms with E-state index < -0.39 is 0 Å². The fraction of sp³-hybridized carbons (Fsp3) is 0.800. The molecule has 1 aliphatic carbocycles. The molecule has 0 bridgehead atoms. The summed E-state index contributed by atoms with van der Waals surface area (Å²) in [7, 11) is 0. The van der Waals surface area contributed by atoms with Crippen molar-refractivity contribution in [2.24, 2.45) is 16.7 Å². The molecule has 2 atom stereocenters. The van der Waals surface area contributed by atoms with E-state index in [1.165, 1.54) is 6.42 Å². The van der Waals surface area contributed by atoms with Crippen LogP contribution in [0, 0.1) is 16.7 Å². The summed E-state index contributed by atoms with van der Waals surface area (Å²) in [5.74, 6) is 1.88. The molecule has 7 heteroatoms. The van der Waals surface area contributed by atoms with E-state index in [9.17, 15) is 4.79 Å². The van der Waals surface area contributed by atoms with Crippen molar-refractivity contribution >= 4 is 29.0 Å². The highest BCUT2D eigenvalue weighted by Crippen LogP contribution is 2.63. The maximum Gasteiger partial charge on any atom is 0.228 e. The average molecular weight is 410 g/mol. The molecule has 5 nitrogen and oxygen atoms in total. The number of thioether (sulfide) groups is 1. The number of aromatic nitrogens is 1. The van der Waals surface area contributed by atoms with Gasteiger partial charge in [-0.3, -0.25) is 9.69 Å². The number of ether oxygens (including phenoxy) is 1. The standard InChI is InChI=1S/C20H31N3O2S2/c1-4-26-18-21-15(11-27-18)9-17(24)23-10-16-19(2,3)12-20(16,14-23)13-22-5-7-25-8-6-22/h11,16H,4-10,12-14H2,1-3H3/t16-,20+/m1/s1. The van der Waals surface area contributed by atoms with Crippen molar-refractivity contribution in [2.45, 2.75) is 38.0 Å². The van der Waals surface area contributed by atoms with E-state index in [1.54, 1.807) is 23.1 Å². The SMILES string of the molecule is CCSc1nc(CC(=O)N2C[C@@H]3C(C)(C)C[C@]3(CN3CCOCC3)C2)cs1. The van der Waals surface area contributed by atoms with Crippen LogP contribution >= 0.6 is 23.1 Å². The van der Waals surface area contributed by atoms with E-state index in [-0.39, 0.29) is 11.3 Å². The Morgan fingerprint density at radius 1 is 1.41 bits per heavy atom. The van der Waals surface area contributed by atoms with Crippen molar-refractivity contribution in [3.63, 3.8) is 0 Å². The van der Waals surface area contributed by atoms with Gasteiger partial charge < -0.3 is 9.64 Å². The van der Waals surface area contributed by atoms with Gasteiger partial charge in [0, 0.05) is 43.5 Å². The van der Waals surface area contributed by atoms with Crippen molar-refractivity contribution in [1.29, 1.82) is 0 Å². The first-order chi connectivity index (χ1) is 12.9. The molecule has 3 heterocycles. The normalized spacial score (nSPS) is 30.2. The lowest BCUT2D eigenvalue weighted by molar-refractivity contribution is -0.130. The van der Waals surface area contributed by atoms with Gasteiger partial charge in [0.1, 0.15) is 4.34 Å². The molecule has 4 rings (SSSR count). The Kier molecular flexibility index (Phi) is 5.58. The summed E-state index contributed by atoms with van der Waals surface area (Å²) < 4.78 is 6.59. The van der Waals surface area contributed by atoms with Gasteiger partial charge in [-0.05, 0) is 23.5 Å². The number of amides is 1. The molecule has 27 heavy (non-hydrogen) atoms. The lowest BCUT2D eigenvalue weighted by Gasteiger charge is -2.58. The molecule has 3 fully saturated rings. The third-order valence-corrected chi connectivity index (χ3v) is 8.48. The Labute approximate surface area is 170 Å². The van der Waals surface area contributed by atoms with Crippen LogP contribution in [0.2, 0.25) is 0 Å². The minimum Gasteiger partial charge on any atom is -0.379 e. The van der Waals surface area contributed by atoms with Gasteiger partial charge in [-0.2, -0.15) is 0 Å². The number of rotatable bonds is 6. The molecule has 0 unspecified atom stereocenters. The summed E-state index contributed by atoms with van der Waals surface area (Å²) in [4.78, 5) is 22.3. The first kappa shape index (κ1) is 19.7. The fourth-order valence-corrected chi connectivity index (χ4v) is 7.30. The van der Waals surface area contributed by atoms with Crippen LogP contribution in [0.3, 0.4) is 0 Å². The Bertz CT molecular complexity index is 687. The van der Waals surface area contributed by atoms with Crippen molar-refractivity contribution < 1.29 is 9.53 Å². The van der Waals surface area contributed by atoms with Gasteiger partial charge in [-0.25, -0.2) is 4.98 Å². The molecule has 1 aromatic rings. The number of fused-ring (bicyclic) bond motifs is 1. The van der Waals surface area contributed by atoms with Gasteiger partial charge in [0.25, 0.3) is 0 Å². The number of nitrogens with zero attached hydrogens (tertiary/aromatic N) is 3. The molecule has 1 saturated carbocycles. The predicted octanol–water partition coefficient (Wildman–Crippen LogP) is 3.00. The largest absolute Gasteiger partial charge is 0.379 e. The van der Waals surface area contributed by atoms with E-state index >= 15 is 0 Å². The first-order valence-corrected chi connectivity index (χ1v) is 11.9. The summed E-state index contributed by atoms with van der Waals surface area (Å²) in [5, 5.41) is 2.05. The zero-order valence-electron chi connectivity index (χ0n) is 16.7. The van der Waals surface area contributed by atoms with Crippen LogP contribution in [0.1, 0.15) is 32.9 Å². The highest BCUT2D eigenvalue weighted by molar-refractivity contribution is 8.00. The molecule has 2 saturated heterocycles. The highest BCUT2D eigenvalue weighted by Gasteiger charge is 2.63. The van der Waals surface area contributed by atoms with Gasteiger partial charge in [0.15, 0.2) is 0 Å². The van der Waals surface area contributed by atoms with Crippen LogP contribution in [-0.4, -0.2) is 72.4 Å². The Morgan fingerprint density at radius 3 is 2.89 bits per heavy atom. The molecule has 1 amide bonds. The van der Waals surface area contributed by atoms with E-state index in [1.807, 2.05) is 5.38 Å². The van der Waals surface area contributed by atoms with E-state index in [2.05, 4.69) is 35.6 Å². The van der Waals surface area contributed by atoms with E-state index in [0.29, 0.717) is 17.8 Å². The number of carbonyl (C=O) groups excluding carboxylic acids is 1. The fourth-order valence-electron chi connectivity index (χ4n) is 5.56. The van der Waals surface area contributed by atoms with Crippen molar-refractivity contribution in [1.82, 2.24) is 14.8 Å². The maximum absolute atomic E-state index is 13.0. The van der Waals surface area contributed by atoms with Crippen LogP contribution in [0.15, 0.2) is 9.72 Å². The molecule has 0 radical (unpaired) electrons. The predicted molar refractivity (Wildman–Crippen MR) is 110 cm³/mol. The Morgan fingerprint density at radius 2 is 2.19 bits per heavy atom. The summed E-state index contributed by atoms with van der Waals surface area (Å²) in [6, 6.07) is 0. The van der Waals surface area contributed by atoms with Crippen LogP contribution in [0.4, 0.5) is 0 Å². The Hall–Kier alpha value is -0.630. The second-order valence-electron chi connectivity index (χ2n) is 8.96. The second kappa shape index (κ2) is 7.65. The molecular formula is C20H31N3O2S2. The summed E-state index contributed by atoms with van der Waals surface area (Å²) >= 11 is 3.41. The van der Waals surface area contributed by atoms with E-state index in [4.69, 9.17) is 4.74 Å². The lowest BCUT2D eigenvalue weighted by Crippen LogP contribution is -2.59. The molecule has 0 spiro atoms. The number of likely N-dealkylation sites (tertiary alicyclic amines) is 1. The highest BCUT2D eigenvalue weighted by atomic mass is 32.2. The summed E-state index contributed by atoms with van der Waals surface area (Å²) in [6.07, 6.45) is 1.67. The average Bonchev–Trinajstić information content (AvgIpc) is 3.19. The number of hydrogen-bond acceptors (Lipinski definition) is 6. The third-order valence-electron chi connectivity index (χ3n) is 6.52. The molecular weight excluding hydrogens is 378 g/mol. The number of hydrogen-bond donors (Lipinski definition) is 0. The molecule has 0 N–H and O–H groups in total. The van der Waals surface area contributed by atoms with E-state index in [0.717, 1.165) is 61.7 Å². The molecule has 1 aromatic heterocycles. The number of morpholine rings is 1. The molecule has 3 aliphatic rings. The summed E-state index contributed by atoms with van der Waals surface area (Å²) in [5.41, 5.74) is 1.55. The zero-order valence-corrected chi connectivity index (χ0v) is 18.3. The van der Waals surface area contributed by atoms with Crippen LogP contribution in [-0.2, 0) is 16.0 Å². The monoisotopic (exact) mass is 409 g/mol. The molecule has 2 aliphatic heterocycles. The minimum absolute atomic E-state index is 0.250. The summed E-state index contributed by atoms with van der Waals surface area (Å²) in [6.45, 7) is 13.6. The van der Waals surface area contributed by atoms with Gasteiger partial charge in [-0.1, -0.05) is 32.5 Å². The van der Waals surface area contributed by atoms with Crippen LogP contribution in [0.25, 0.3) is 0 Å². The zero-order chi connectivity index (χ0) is 19.1. The lowest BCUT2D eigenvalue weighted by atomic mass is 9.48. The van der Waals surface area contributed by atoms with Crippen LogP contribution < -0.4 is 0 Å². The van der Waals surface area contributed by atoms with Gasteiger partial charge >= 0.3 is 0 Å². The van der Waals surface area contributed by atoms with Crippen molar-refractivity contribution in [3.8, 4) is 0 Å². The number of carbonyl (C=O) groups is 1. The third kappa shape index (κ3) is 3.93. The first-order valence-electron chi connectivity index (χ1n) is 10.1. The Balaban J connectivity index is 1.41. The number of thiazole rings is 1. The smallest absolute Gasteiger partial charge is 0.228 e. The second-order valence-corrected chi connectivity index (χ2v) is 11.3. The molecule has 0 aromatic carbocycles. The van der Waals surface area contributed by atoms with Gasteiger partial charge in [0.2, 0.25) is 5.91 Å². The maximum atomic E-state index is 13.0. The van der Waals surface area contributed by atoms with Gasteiger partial charge in [-0.15, -0.1) is 11.3 Å². The topological polar surface area (TPSA) is 45.7 Å².